The van der Waals surface area contributed by atoms with Gasteiger partial charge >= 0.3 is 0 Å². The van der Waals surface area contributed by atoms with Crippen LogP contribution in [-0.2, 0) is 0 Å². The van der Waals surface area contributed by atoms with Gasteiger partial charge in [-0.1, -0.05) is 6.07 Å². The van der Waals surface area contributed by atoms with E-state index in [0.29, 0.717) is 0 Å². The molecular formula is C8H7N5O. The highest BCUT2D eigenvalue weighted by molar-refractivity contribution is 5.94. The van der Waals surface area contributed by atoms with Crippen LogP contribution in [0.3, 0.4) is 0 Å². The fourth-order valence-corrected chi connectivity index (χ4v) is 1.00. The molecule has 0 aliphatic rings. The first-order valence-corrected chi connectivity index (χ1v) is 3.90. The summed E-state index contributed by atoms with van der Waals surface area (Å²) in [5, 5.41) is 3.68. The van der Waals surface area contributed by atoms with E-state index < -0.39 is 0 Å². The van der Waals surface area contributed by atoms with Crippen molar-refractivity contribution in [2.24, 2.45) is 0 Å². The zero-order valence-electron chi connectivity index (χ0n) is 7.16. The quantitative estimate of drug-likeness (QED) is 0.679. The van der Waals surface area contributed by atoms with Gasteiger partial charge in [-0.3, -0.25) is 9.78 Å². The van der Waals surface area contributed by atoms with E-state index >= 15 is 0 Å². The van der Waals surface area contributed by atoms with Crippen LogP contribution in [0.1, 0.15) is 10.5 Å². The minimum atomic E-state index is -0.388. The topological polar surface area (TPSA) is 86.7 Å². The summed E-state index contributed by atoms with van der Waals surface area (Å²) in [5.74, 6) is -0.332. The lowest BCUT2D eigenvalue weighted by atomic mass is 10.3. The second-order valence-electron chi connectivity index (χ2n) is 2.55. The van der Waals surface area contributed by atoms with Crippen LogP contribution in [0.4, 0.5) is 5.95 Å². The van der Waals surface area contributed by atoms with Crippen LogP contribution in [0.25, 0.3) is 0 Å². The summed E-state index contributed by atoms with van der Waals surface area (Å²) in [6.45, 7) is 0. The van der Waals surface area contributed by atoms with Crippen LogP contribution in [0.15, 0.2) is 30.7 Å². The molecule has 0 aliphatic carbocycles. The Bertz CT molecular complexity index is 450. The zero-order chi connectivity index (χ0) is 9.97. The van der Waals surface area contributed by atoms with E-state index in [1.54, 1.807) is 18.2 Å². The third kappa shape index (κ3) is 1.33. The number of carbonyl (C=O) groups excluding carboxylic acids is 1. The van der Waals surface area contributed by atoms with Gasteiger partial charge in [0.1, 0.15) is 12.0 Å². The van der Waals surface area contributed by atoms with Crippen LogP contribution < -0.4 is 5.73 Å². The van der Waals surface area contributed by atoms with Gasteiger partial charge in [-0.05, 0) is 12.1 Å². The van der Waals surface area contributed by atoms with Crippen molar-refractivity contribution in [3.8, 4) is 0 Å². The maximum Gasteiger partial charge on any atom is 0.299 e. The van der Waals surface area contributed by atoms with Gasteiger partial charge in [-0.25, -0.2) is 0 Å². The molecule has 6 nitrogen and oxygen atoms in total. The molecule has 2 rings (SSSR count). The van der Waals surface area contributed by atoms with Gasteiger partial charge < -0.3 is 5.73 Å². The first kappa shape index (κ1) is 8.36. The molecule has 0 saturated heterocycles. The standard InChI is InChI=1S/C8H7N5O/c9-8-11-5-12-13(8)7(14)6-3-1-2-4-10-6/h1-5H,(H2,9,11,12). The SMILES string of the molecule is Nc1ncnn1C(=O)c1ccccn1. The van der Waals surface area contributed by atoms with Crippen LogP contribution in [0, 0.1) is 0 Å². The Hall–Kier alpha value is -2.24. The number of pyridine rings is 1. The molecule has 0 aromatic carbocycles. The van der Waals surface area contributed by atoms with Crippen molar-refractivity contribution in [2.45, 2.75) is 0 Å². The van der Waals surface area contributed by atoms with Crippen molar-refractivity contribution in [1.29, 1.82) is 0 Å². The minimum absolute atomic E-state index is 0.0562. The lowest BCUT2D eigenvalue weighted by Crippen LogP contribution is -2.17. The summed E-state index contributed by atoms with van der Waals surface area (Å²) < 4.78 is 1.00. The average molecular weight is 189 g/mol. The Morgan fingerprint density at radius 2 is 2.21 bits per heavy atom. The normalized spacial score (nSPS) is 10.0. The molecule has 2 N–H and O–H groups in total. The van der Waals surface area contributed by atoms with Crippen molar-refractivity contribution < 1.29 is 4.79 Å². The van der Waals surface area contributed by atoms with Gasteiger partial charge in [-0.2, -0.15) is 14.8 Å². The summed E-state index contributed by atoms with van der Waals surface area (Å²) in [7, 11) is 0. The van der Waals surface area contributed by atoms with Crippen molar-refractivity contribution in [1.82, 2.24) is 19.7 Å². The molecule has 2 aromatic heterocycles. The highest BCUT2D eigenvalue weighted by Gasteiger charge is 2.12. The third-order valence-corrected chi connectivity index (χ3v) is 1.65. The molecule has 0 bridgehead atoms. The summed E-state index contributed by atoms with van der Waals surface area (Å²) in [6.07, 6.45) is 2.75. The highest BCUT2D eigenvalue weighted by atomic mass is 16.2. The van der Waals surface area contributed by atoms with E-state index in [4.69, 9.17) is 5.73 Å². The van der Waals surface area contributed by atoms with Crippen LogP contribution in [0.5, 0.6) is 0 Å². The summed E-state index contributed by atoms with van der Waals surface area (Å²) in [6, 6.07) is 5.03. The highest BCUT2D eigenvalue weighted by Crippen LogP contribution is 2.01. The molecule has 0 amide bonds. The van der Waals surface area contributed by atoms with Crippen molar-refractivity contribution in [3.05, 3.63) is 36.4 Å². The smallest absolute Gasteiger partial charge is 0.299 e. The van der Waals surface area contributed by atoms with Crippen LogP contribution >= 0.6 is 0 Å². The Kier molecular flexibility index (Phi) is 1.94. The molecule has 6 heteroatoms. The molecule has 0 atom stereocenters. The number of hydrogen-bond acceptors (Lipinski definition) is 5. The van der Waals surface area contributed by atoms with Crippen LogP contribution in [0.2, 0.25) is 0 Å². The molecule has 14 heavy (non-hydrogen) atoms. The fourth-order valence-electron chi connectivity index (χ4n) is 1.00. The molecule has 70 valence electrons. The van der Waals surface area contributed by atoms with Crippen molar-refractivity contribution in [2.75, 3.05) is 5.73 Å². The van der Waals surface area contributed by atoms with Crippen molar-refractivity contribution >= 4 is 11.9 Å². The second-order valence-corrected chi connectivity index (χ2v) is 2.55. The van der Waals surface area contributed by atoms with Gasteiger partial charge in [-0.15, -0.1) is 0 Å². The molecule has 2 aromatic rings. The third-order valence-electron chi connectivity index (χ3n) is 1.65. The predicted octanol–water partition coefficient (Wildman–Crippen LogP) is -0.0562. The van der Waals surface area contributed by atoms with Crippen molar-refractivity contribution in [3.63, 3.8) is 0 Å². The van der Waals surface area contributed by atoms with E-state index in [0.717, 1.165) is 4.68 Å². The Morgan fingerprint density at radius 1 is 1.36 bits per heavy atom. The summed E-state index contributed by atoms with van der Waals surface area (Å²) >= 11 is 0. The Labute approximate surface area is 79.4 Å². The lowest BCUT2D eigenvalue weighted by molar-refractivity contribution is 0.0943. The predicted molar refractivity (Wildman–Crippen MR) is 48.4 cm³/mol. The second kappa shape index (κ2) is 3.25. The maximum atomic E-state index is 11.6. The van der Waals surface area contributed by atoms with Crippen LogP contribution in [-0.4, -0.2) is 25.7 Å². The van der Waals surface area contributed by atoms with Gasteiger partial charge in [0.25, 0.3) is 5.91 Å². The molecule has 0 fully saturated rings. The van der Waals surface area contributed by atoms with Gasteiger partial charge in [0.2, 0.25) is 5.95 Å². The first-order valence-electron chi connectivity index (χ1n) is 3.90. The molecule has 0 unspecified atom stereocenters. The number of nitrogens with two attached hydrogens (primary N) is 1. The zero-order valence-corrected chi connectivity index (χ0v) is 7.16. The average Bonchev–Trinajstić information content (AvgIpc) is 2.65. The first-order chi connectivity index (χ1) is 6.79. The number of aromatic nitrogens is 4. The molecule has 0 radical (unpaired) electrons. The number of carbonyl (C=O) groups is 1. The molecule has 0 spiro atoms. The Balaban J connectivity index is 2.39. The molecule has 2 heterocycles. The number of rotatable bonds is 1. The van der Waals surface area contributed by atoms with Gasteiger partial charge in [0, 0.05) is 6.20 Å². The monoisotopic (exact) mass is 189 g/mol. The summed E-state index contributed by atoms with van der Waals surface area (Å²) in [5.41, 5.74) is 5.70. The molecule has 0 aliphatic heterocycles. The lowest BCUT2D eigenvalue weighted by Gasteiger charge is -1.99. The fraction of sp³-hybridized carbons (Fsp3) is 0. The minimum Gasteiger partial charge on any atom is -0.368 e. The largest absolute Gasteiger partial charge is 0.368 e. The Morgan fingerprint density at radius 3 is 2.79 bits per heavy atom. The van der Waals surface area contributed by atoms with E-state index in [1.807, 2.05) is 0 Å². The van der Waals surface area contributed by atoms with E-state index in [2.05, 4.69) is 15.1 Å². The van der Waals surface area contributed by atoms with E-state index in [9.17, 15) is 4.79 Å². The number of anilines is 1. The van der Waals surface area contributed by atoms with Gasteiger partial charge in [0.15, 0.2) is 0 Å². The molecule has 0 saturated carbocycles. The number of nitrogen functional groups attached to an aromatic ring is 1. The maximum absolute atomic E-state index is 11.6. The van der Waals surface area contributed by atoms with Gasteiger partial charge in [0.05, 0.1) is 0 Å². The van der Waals surface area contributed by atoms with E-state index in [-0.39, 0.29) is 17.5 Å². The summed E-state index contributed by atoms with van der Waals surface area (Å²) in [4.78, 5) is 19.2. The number of hydrogen-bond donors (Lipinski definition) is 1. The van der Waals surface area contributed by atoms with E-state index in [1.165, 1.54) is 12.5 Å². The molecular weight excluding hydrogens is 182 g/mol. The number of nitrogens with zero attached hydrogens (tertiary/aromatic N) is 4.